The Morgan fingerprint density at radius 2 is 1.96 bits per heavy atom. The Bertz CT molecular complexity index is 781. The van der Waals surface area contributed by atoms with Crippen LogP contribution in [0, 0.1) is 11.8 Å². The van der Waals surface area contributed by atoms with Crippen LogP contribution in [0.2, 0.25) is 0 Å². The number of amides is 2. The first kappa shape index (κ1) is 20.2. The summed E-state index contributed by atoms with van der Waals surface area (Å²) in [6, 6.07) is 10.1. The molecule has 5 heteroatoms. The Hall–Kier alpha value is -2.56. The zero-order valence-corrected chi connectivity index (χ0v) is 17.0. The average Bonchev–Trinajstić information content (AvgIpc) is 3.26. The Morgan fingerprint density at radius 1 is 1.21 bits per heavy atom. The van der Waals surface area contributed by atoms with Gasteiger partial charge in [0.1, 0.15) is 6.26 Å². The molecule has 0 bridgehead atoms. The predicted octanol–water partition coefficient (Wildman–Crippen LogP) is 4.21. The molecule has 2 amide bonds. The molecule has 2 unspecified atom stereocenters. The fourth-order valence-corrected chi connectivity index (χ4v) is 3.81. The summed E-state index contributed by atoms with van der Waals surface area (Å²) in [5, 5.41) is 3.24. The van der Waals surface area contributed by atoms with Crippen LogP contribution in [0.5, 0.6) is 0 Å². The maximum atomic E-state index is 13.0. The molecule has 0 radical (unpaired) electrons. The lowest BCUT2D eigenvalue weighted by atomic mass is 9.92. The standard InChI is InChI=1S/C23H30N2O3/c1-4-17-7-9-18(10-8-17)21(16(2)3)24-22(26)19-6-5-12-25(14-19)23(27)20-11-13-28-15-20/h7-11,13,15-16,19,21H,4-6,12,14H2,1-3H3,(H,24,26). The van der Waals surface area contributed by atoms with E-state index < -0.39 is 0 Å². The molecule has 1 aliphatic heterocycles. The Balaban J connectivity index is 1.66. The maximum Gasteiger partial charge on any atom is 0.257 e. The molecule has 1 N–H and O–H groups in total. The van der Waals surface area contributed by atoms with Gasteiger partial charge in [-0.25, -0.2) is 0 Å². The van der Waals surface area contributed by atoms with E-state index in [-0.39, 0.29) is 29.7 Å². The number of carbonyl (C=O) groups excluding carboxylic acids is 2. The van der Waals surface area contributed by atoms with E-state index in [1.807, 2.05) is 0 Å². The Labute approximate surface area is 167 Å². The van der Waals surface area contributed by atoms with Crippen molar-refractivity contribution in [1.29, 1.82) is 0 Å². The Kier molecular flexibility index (Phi) is 6.55. The van der Waals surface area contributed by atoms with Crippen molar-refractivity contribution in [3.8, 4) is 0 Å². The summed E-state index contributed by atoms with van der Waals surface area (Å²) in [4.78, 5) is 27.3. The summed E-state index contributed by atoms with van der Waals surface area (Å²) < 4.78 is 5.02. The van der Waals surface area contributed by atoms with E-state index in [1.54, 1.807) is 11.0 Å². The second-order valence-electron chi connectivity index (χ2n) is 7.93. The first-order valence-corrected chi connectivity index (χ1v) is 10.2. The molecule has 1 aliphatic rings. The van der Waals surface area contributed by atoms with Crippen molar-refractivity contribution < 1.29 is 14.0 Å². The molecule has 3 rings (SSSR count). The summed E-state index contributed by atoms with van der Waals surface area (Å²) in [5.74, 6) is 0.0641. The summed E-state index contributed by atoms with van der Waals surface area (Å²) in [5.41, 5.74) is 2.96. The second-order valence-corrected chi connectivity index (χ2v) is 7.93. The number of likely N-dealkylation sites (tertiary alicyclic amines) is 1. The van der Waals surface area contributed by atoms with E-state index >= 15 is 0 Å². The van der Waals surface area contributed by atoms with Gasteiger partial charge in [0.2, 0.25) is 5.91 Å². The van der Waals surface area contributed by atoms with Gasteiger partial charge in [0.05, 0.1) is 23.8 Å². The third-order valence-electron chi connectivity index (χ3n) is 5.56. The van der Waals surface area contributed by atoms with Crippen molar-refractivity contribution in [1.82, 2.24) is 10.2 Å². The minimum absolute atomic E-state index is 0.0293. The number of benzene rings is 1. The second kappa shape index (κ2) is 9.09. The molecule has 2 heterocycles. The van der Waals surface area contributed by atoms with Gasteiger partial charge in [0, 0.05) is 13.1 Å². The highest BCUT2D eigenvalue weighted by Crippen LogP contribution is 2.25. The summed E-state index contributed by atoms with van der Waals surface area (Å²) in [6.07, 6.45) is 5.60. The van der Waals surface area contributed by atoms with Crippen LogP contribution < -0.4 is 5.32 Å². The number of nitrogens with one attached hydrogen (secondary N) is 1. The molecule has 1 fully saturated rings. The lowest BCUT2D eigenvalue weighted by Gasteiger charge is -2.33. The molecule has 0 spiro atoms. The van der Waals surface area contributed by atoms with Crippen LogP contribution in [0.15, 0.2) is 47.3 Å². The van der Waals surface area contributed by atoms with E-state index in [9.17, 15) is 9.59 Å². The van der Waals surface area contributed by atoms with Gasteiger partial charge in [-0.3, -0.25) is 9.59 Å². The zero-order valence-electron chi connectivity index (χ0n) is 17.0. The first-order chi connectivity index (χ1) is 13.5. The highest BCUT2D eigenvalue weighted by molar-refractivity contribution is 5.94. The van der Waals surface area contributed by atoms with Crippen molar-refractivity contribution in [2.75, 3.05) is 13.1 Å². The van der Waals surface area contributed by atoms with Crippen LogP contribution in [0.25, 0.3) is 0 Å². The van der Waals surface area contributed by atoms with Crippen LogP contribution in [-0.2, 0) is 11.2 Å². The lowest BCUT2D eigenvalue weighted by Crippen LogP contribution is -2.46. The molecule has 2 aromatic rings. The SMILES string of the molecule is CCc1ccc(C(NC(=O)C2CCCN(C(=O)c3ccoc3)C2)C(C)C)cc1. The van der Waals surface area contributed by atoms with Crippen LogP contribution in [0.1, 0.15) is 61.1 Å². The number of rotatable bonds is 6. The lowest BCUT2D eigenvalue weighted by molar-refractivity contribution is -0.127. The number of nitrogens with zero attached hydrogens (tertiary/aromatic N) is 1. The van der Waals surface area contributed by atoms with E-state index in [4.69, 9.17) is 4.42 Å². The molecular formula is C23H30N2O3. The minimum atomic E-state index is -0.180. The van der Waals surface area contributed by atoms with Crippen LogP contribution >= 0.6 is 0 Å². The van der Waals surface area contributed by atoms with Crippen molar-refractivity contribution >= 4 is 11.8 Å². The van der Waals surface area contributed by atoms with Crippen LogP contribution in [0.3, 0.4) is 0 Å². The van der Waals surface area contributed by atoms with Crippen molar-refractivity contribution in [2.24, 2.45) is 11.8 Å². The van der Waals surface area contributed by atoms with E-state index in [0.29, 0.717) is 18.7 Å². The molecular weight excluding hydrogens is 352 g/mol. The fourth-order valence-electron chi connectivity index (χ4n) is 3.81. The van der Waals surface area contributed by atoms with Gasteiger partial charge in [-0.2, -0.15) is 0 Å². The fraction of sp³-hybridized carbons (Fsp3) is 0.478. The monoisotopic (exact) mass is 382 g/mol. The van der Waals surface area contributed by atoms with Gasteiger partial charge < -0.3 is 14.6 Å². The molecule has 1 aromatic carbocycles. The van der Waals surface area contributed by atoms with Crippen molar-refractivity contribution in [2.45, 2.75) is 46.1 Å². The molecule has 0 saturated carbocycles. The summed E-state index contributed by atoms with van der Waals surface area (Å²) in [7, 11) is 0. The van der Waals surface area contributed by atoms with E-state index in [2.05, 4.69) is 50.4 Å². The third-order valence-corrected chi connectivity index (χ3v) is 5.56. The molecule has 5 nitrogen and oxygen atoms in total. The number of furan rings is 1. The van der Waals surface area contributed by atoms with Crippen molar-refractivity contribution in [3.63, 3.8) is 0 Å². The molecule has 2 atom stereocenters. The smallest absolute Gasteiger partial charge is 0.257 e. The quantitative estimate of drug-likeness (QED) is 0.814. The maximum absolute atomic E-state index is 13.0. The number of hydrogen-bond acceptors (Lipinski definition) is 3. The van der Waals surface area contributed by atoms with Crippen molar-refractivity contribution in [3.05, 3.63) is 59.5 Å². The highest BCUT2D eigenvalue weighted by Gasteiger charge is 2.31. The number of carbonyl (C=O) groups is 2. The predicted molar refractivity (Wildman–Crippen MR) is 109 cm³/mol. The van der Waals surface area contributed by atoms with Gasteiger partial charge in [-0.05, 0) is 42.4 Å². The van der Waals surface area contributed by atoms with Crippen LogP contribution in [0.4, 0.5) is 0 Å². The molecule has 1 saturated heterocycles. The molecule has 0 aliphatic carbocycles. The third kappa shape index (κ3) is 4.64. The van der Waals surface area contributed by atoms with Gasteiger partial charge >= 0.3 is 0 Å². The van der Waals surface area contributed by atoms with E-state index in [1.165, 1.54) is 18.1 Å². The number of hydrogen-bond donors (Lipinski definition) is 1. The normalized spacial score (nSPS) is 18.1. The number of piperidine rings is 1. The first-order valence-electron chi connectivity index (χ1n) is 10.2. The van der Waals surface area contributed by atoms with Gasteiger partial charge in [-0.1, -0.05) is 45.0 Å². The summed E-state index contributed by atoms with van der Waals surface area (Å²) >= 11 is 0. The minimum Gasteiger partial charge on any atom is -0.472 e. The van der Waals surface area contributed by atoms with Gasteiger partial charge in [-0.15, -0.1) is 0 Å². The topological polar surface area (TPSA) is 62.6 Å². The average molecular weight is 383 g/mol. The zero-order chi connectivity index (χ0) is 20.1. The van der Waals surface area contributed by atoms with E-state index in [0.717, 1.165) is 24.8 Å². The largest absolute Gasteiger partial charge is 0.472 e. The van der Waals surface area contributed by atoms with Crippen LogP contribution in [-0.4, -0.2) is 29.8 Å². The van der Waals surface area contributed by atoms with Gasteiger partial charge in [0.25, 0.3) is 5.91 Å². The molecule has 1 aromatic heterocycles. The molecule has 28 heavy (non-hydrogen) atoms. The summed E-state index contributed by atoms with van der Waals surface area (Å²) in [6.45, 7) is 7.51. The highest BCUT2D eigenvalue weighted by atomic mass is 16.3. The van der Waals surface area contributed by atoms with Gasteiger partial charge in [0.15, 0.2) is 0 Å². The molecule has 150 valence electrons. The Morgan fingerprint density at radius 3 is 2.57 bits per heavy atom. The number of aryl methyl sites for hydroxylation is 1.